The summed E-state index contributed by atoms with van der Waals surface area (Å²) in [6, 6.07) is -0.325. The first-order valence-corrected chi connectivity index (χ1v) is 5.08. The van der Waals surface area contributed by atoms with E-state index in [0.717, 1.165) is 25.9 Å². The summed E-state index contributed by atoms with van der Waals surface area (Å²) in [6.07, 6.45) is 2.07. The van der Waals surface area contributed by atoms with Gasteiger partial charge >= 0.3 is 6.03 Å². The highest BCUT2D eigenvalue weighted by atomic mass is 16.2. The zero-order valence-electron chi connectivity index (χ0n) is 7.80. The number of rotatable bonds is 0. The Morgan fingerprint density at radius 1 is 1.14 bits per heavy atom. The number of carbonyl (C=O) groups is 2. The molecule has 2 bridgehead atoms. The van der Waals surface area contributed by atoms with E-state index in [0.29, 0.717) is 0 Å². The summed E-state index contributed by atoms with van der Waals surface area (Å²) in [7, 11) is 0. The third kappa shape index (κ3) is 0.785. The van der Waals surface area contributed by atoms with Crippen molar-refractivity contribution in [2.24, 2.45) is 11.8 Å². The lowest BCUT2D eigenvalue weighted by Gasteiger charge is -2.38. The van der Waals surface area contributed by atoms with Gasteiger partial charge in [-0.05, 0) is 12.8 Å². The minimum Gasteiger partial charge on any atom is -0.323 e. The number of hydrogen-bond donors (Lipinski definition) is 3. The molecule has 5 nitrogen and oxygen atoms in total. The molecular weight excluding hydrogens is 182 g/mol. The summed E-state index contributed by atoms with van der Waals surface area (Å²) in [4.78, 5) is 23.0. The molecule has 1 spiro atoms. The van der Waals surface area contributed by atoms with Gasteiger partial charge in [0.2, 0.25) is 0 Å². The largest absolute Gasteiger partial charge is 0.323 e. The van der Waals surface area contributed by atoms with Crippen LogP contribution in [0.1, 0.15) is 12.8 Å². The van der Waals surface area contributed by atoms with Crippen LogP contribution in [-0.2, 0) is 4.79 Å². The van der Waals surface area contributed by atoms with Crippen molar-refractivity contribution in [2.75, 3.05) is 13.1 Å². The van der Waals surface area contributed by atoms with Gasteiger partial charge in [-0.2, -0.15) is 0 Å². The molecular formula is C9H13N3O2. The molecule has 2 aliphatic heterocycles. The molecule has 0 radical (unpaired) electrons. The van der Waals surface area contributed by atoms with Crippen LogP contribution in [0.25, 0.3) is 0 Å². The molecule has 76 valence electrons. The van der Waals surface area contributed by atoms with Gasteiger partial charge in [-0.1, -0.05) is 0 Å². The van der Waals surface area contributed by atoms with E-state index < -0.39 is 5.54 Å². The van der Waals surface area contributed by atoms with Crippen molar-refractivity contribution in [1.82, 2.24) is 16.0 Å². The van der Waals surface area contributed by atoms with Gasteiger partial charge in [-0.3, -0.25) is 10.1 Å². The standard InChI is InChI=1S/C9H13N3O2/c13-7-9(12-8(14)11-7)5-1-2-6(9)4-10-3-5/h5-6,10H,1-4H2,(H2,11,12,13,14). The lowest BCUT2D eigenvalue weighted by atomic mass is 9.78. The maximum atomic E-state index is 11.8. The fourth-order valence-corrected chi connectivity index (χ4v) is 3.21. The number of amides is 3. The van der Waals surface area contributed by atoms with E-state index in [-0.39, 0.29) is 23.8 Å². The van der Waals surface area contributed by atoms with Crippen LogP contribution in [0.3, 0.4) is 0 Å². The van der Waals surface area contributed by atoms with E-state index in [2.05, 4.69) is 16.0 Å². The summed E-state index contributed by atoms with van der Waals surface area (Å²) in [5, 5.41) is 8.50. The van der Waals surface area contributed by atoms with Crippen LogP contribution < -0.4 is 16.0 Å². The van der Waals surface area contributed by atoms with E-state index >= 15 is 0 Å². The lowest BCUT2D eigenvalue weighted by molar-refractivity contribution is -0.127. The molecule has 2 atom stereocenters. The Morgan fingerprint density at radius 3 is 2.29 bits per heavy atom. The van der Waals surface area contributed by atoms with Crippen molar-refractivity contribution < 1.29 is 9.59 Å². The smallest absolute Gasteiger partial charge is 0.322 e. The van der Waals surface area contributed by atoms with Crippen LogP contribution in [0, 0.1) is 11.8 Å². The second kappa shape index (κ2) is 2.48. The zero-order valence-corrected chi connectivity index (χ0v) is 7.80. The first-order chi connectivity index (χ1) is 6.73. The summed E-state index contributed by atoms with van der Waals surface area (Å²) in [6.45, 7) is 1.68. The normalized spacial score (nSPS) is 45.4. The fourth-order valence-electron chi connectivity index (χ4n) is 3.21. The Bertz CT molecular complexity index is 299. The van der Waals surface area contributed by atoms with Crippen LogP contribution in [0.4, 0.5) is 4.79 Å². The maximum Gasteiger partial charge on any atom is 0.322 e. The first-order valence-electron chi connectivity index (χ1n) is 5.08. The minimum atomic E-state index is -0.581. The van der Waals surface area contributed by atoms with Crippen LogP contribution in [0.15, 0.2) is 0 Å². The van der Waals surface area contributed by atoms with E-state index in [4.69, 9.17) is 0 Å². The molecule has 0 aromatic heterocycles. The number of urea groups is 1. The second-order valence-electron chi connectivity index (χ2n) is 4.41. The molecule has 3 fully saturated rings. The summed E-state index contributed by atoms with van der Waals surface area (Å²) < 4.78 is 0. The molecule has 0 aromatic rings. The molecule has 1 aliphatic carbocycles. The molecule has 3 aliphatic rings. The van der Waals surface area contributed by atoms with Crippen molar-refractivity contribution >= 4 is 11.9 Å². The zero-order chi connectivity index (χ0) is 9.76. The molecule has 3 N–H and O–H groups in total. The highest BCUT2D eigenvalue weighted by Crippen LogP contribution is 2.44. The topological polar surface area (TPSA) is 70.2 Å². The molecule has 3 amide bonds. The third-order valence-electron chi connectivity index (χ3n) is 3.86. The maximum absolute atomic E-state index is 11.8. The first kappa shape index (κ1) is 8.23. The predicted octanol–water partition coefficient (Wildman–Crippen LogP) is -0.806. The van der Waals surface area contributed by atoms with Crippen molar-refractivity contribution in [2.45, 2.75) is 18.4 Å². The fraction of sp³-hybridized carbons (Fsp3) is 0.778. The Morgan fingerprint density at radius 2 is 1.79 bits per heavy atom. The SMILES string of the molecule is O=C1NC(=O)C2(N1)C1CCC2CNC1. The van der Waals surface area contributed by atoms with Gasteiger partial charge in [-0.15, -0.1) is 0 Å². The number of imide groups is 1. The Balaban J connectivity index is 2.03. The van der Waals surface area contributed by atoms with Crippen molar-refractivity contribution in [3.63, 3.8) is 0 Å². The summed E-state index contributed by atoms with van der Waals surface area (Å²) >= 11 is 0. The van der Waals surface area contributed by atoms with Gasteiger partial charge in [-0.25, -0.2) is 4.79 Å². The minimum absolute atomic E-state index is 0.114. The van der Waals surface area contributed by atoms with Crippen LogP contribution in [0.2, 0.25) is 0 Å². The van der Waals surface area contributed by atoms with E-state index in [1.54, 1.807) is 0 Å². The van der Waals surface area contributed by atoms with Gasteiger partial charge in [0.05, 0.1) is 0 Å². The van der Waals surface area contributed by atoms with E-state index in [1.807, 2.05) is 0 Å². The van der Waals surface area contributed by atoms with Crippen molar-refractivity contribution in [3.8, 4) is 0 Å². The molecule has 5 heteroatoms. The number of nitrogens with one attached hydrogen (secondary N) is 3. The second-order valence-corrected chi connectivity index (χ2v) is 4.41. The monoisotopic (exact) mass is 195 g/mol. The average molecular weight is 195 g/mol. The third-order valence-corrected chi connectivity index (χ3v) is 3.86. The molecule has 14 heavy (non-hydrogen) atoms. The number of carbonyl (C=O) groups excluding carboxylic acids is 2. The Labute approximate surface area is 81.6 Å². The molecule has 1 saturated carbocycles. The highest BCUT2D eigenvalue weighted by Gasteiger charge is 2.61. The molecule has 2 unspecified atom stereocenters. The van der Waals surface area contributed by atoms with Crippen LogP contribution >= 0.6 is 0 Å². The Hall–Kier alpha value is -1.10. The van der Waals surface area contributed by atoms with Crippen molar-refractivity contribution in [3.05, 3.63) is 0 Å². The lowest BCUT2D eigenvalue weighted by Crippen LogP contribution is -2.62. The van der Waals surface area contributed by atoms with Gasteiger partial charge in [0, 0.05) is 24.9 Å². The van der Waals surface area contributed by atoms with Crippen LogP contribution in [0.5, 0.6) is 0 Å². The summed E-state index contributed by atoms with van der Waals surface area (Å²) in [5.74, 6) is 0.428. The average Bonchev–Trinajstić information content (AvgIpc) is 2.53. The molecule has 2 saturated heterocycles. The number of hydrogen-bond acceptors (Lipinski definition) is 3. The Kier molecular flexibility index (Phi) is 1.45. The van der Waals surface area contributed by atoms with Crippen LogP contribution in [-0.4, -0.2) is 30.6 Å². The van der Waals surface area contributed by atoms with Gasteiger partial charge < -0.3 is 10.6 Å². The quantitative estimate of drug-likeness (QED) is 0.443. The van der Waals surface area contributed by atoms with E-state index in [1.165, 1.54) is 0 Å². The van der Waals surface area contributed by atoms with Gasteiger partial charge in [0.15, 0.2) is 0 Å². The van der Waals surface area contributed by atoms with E-state index in [9.17, 15) is 9.59 Å². The molecule has 0 aromatic carbocycles. The van der Waals surface area contributed by atoms with Gasteiger partial charge in [0.25, 0.3) is 5.91 Å². The molecule has 3 rings (SSSR count). The number of piperidine rings is 1. The molecule has 2 heterocycles. The predicted molar refractivity (Wildman–Crippen MR) is 48.5 cm³/mol. The highest BCUT2D eigenvalue weighted by molar-refractivity contribution is 6.07. The summed E-state index contributed by atoms with van der Waals surface area (Å²) in [5.41, 5.74) is -0.581. The van der Waals surface area contributed by atoms with Crippen molar-refractivity contribution in [1.29, 1.82) is 0 Å². The van der Waals surface area contributed by atoms with Gasteiger partial charge in [0.1, 0.15) is 5.54 Å².